The topological polar surface area (TPSA) is 413 Å². The fourth-order valence-corrected chi connectivity index (χ4v) is 8.91. The summed E-state index contributed by atoms with van der Waals surface area (Å²) >= 11 is 0. The molecule has 0 aromatic heterocycles. The van der Waals surface area contributed by atoms with Gasteiger partial charge in [-0.25, -0.2) is 14.4 Å². The second kappa shape index (κ2) is 25.7. The molecule has 3 saturated heterocycles. The van der Waals surface area contributed by atoms with Crippen LogP contribution in [0.2, 0.25) is 0 Å². The molecule has 5 amide bonds. The number of carboxylic acid groups (broad SMARTS) is 3. The van der Waals surface area contributed by atoms with Crippen LogP contribution in [0.4, 0.5) is 0 Å². The Balaban J connectivity index is 2.22. The predicted molar refractivity (Wildman–Crippen MR) is 218 cm³/mol. The van der Waals surface area contributed by atoms with Crippen LogP contribution < -0.4 is 32.7 Å². The summed E-state index contributed by atoms with van der Waals surface area (Å²) in [6.45, 7) is 2.66. The zero-order chi connectivity index (χ0) is 48.0. The molecular formula is C36H58N6O20S2. The molecule has 3 heterocycles. The summed E-state index contributed by atoms with van der Waals surface area (Å²) < 4.78 is 34.3. The first kappa shape index (κ1) is 54.4. The van der Waals surface area contributed by atoms with Gasteiger partial charge >= 0.3 is 17.9 Å². The van der Waals surface area contributed by atoms with Gasteiger partial charge in [-0.1, -0.05) is 55.7 Å². The maximum Gasteiger partial charge on any atom is 0.329 e. The summed E-state index contributed by atoms with van der Waals surface area (Å²) in [7, 11) is 1.86. The van der Waals surface area contributed by atoms with Crippen molar-refractivity contribution in [2.24, 2.45) is 23.3 Å². The number of ether oxygens (including phenoxy) is 6. The lowest BCUT2D eigenvalue weighted by Crippen LogP contribution is -2.70. The fraction of sp³-hybridized carbons (Fsp3) is 0.778. The third kappa shape index (κ3) is 15.6. The van der Waals surface area contributed by atoms with Crippen molar-refractivity contribution in [1.82, 2.24) is 21.3 Å². The molecule has 0 unspecified atom stereocenters. The van der Waals surface area contributed by atoms with Crippen LogP contribution in [0.5, 0.6) is 0 Å². The van der Waals surface area contributed by atoms with Gasteiger partial charge in [-0.15, -0.1) is 0 Å². The predicted octanol–water partition coefficient (Wildman–Crippen LogP) is -5.18. The van der Waals surface area contributed by atoms with Crippen molar-refractivity contribution < 1.29 is 97.4 Å². The van der Waals surface area contributed by atoms with Gasteiger partial charge in [0.05, 0.1) is 12.6 Å². The molecular weight excluding hydrogens is 901 g/mol. The molecule has 26 nitrogen and oxygen atoms in total. The first-order valence-electron chi connectivity index (χ1n) is 20.0. The van der Waals surface area contributed by atoms with Crippen LogP contribution in [0.15, 0.2) is 0 Å². The summed E-state index contributed by atoms with van der Waals surface area (Å²) in [6, 6.07) is -7.39. The highest BCUT2D eigenvalue weighted by atomic mass is 33.1. The van der Waals surface area contributed by atoms with Crippen molar-refractivity contribution in [3.63, 3.8) is 0 Å². The third-order valence-corrected chi connectivity index (χ3v) is 12.5. The Kier molecular flexibility index (Phi) is 21.8. The van der Waals surface area contributed by atoms with E-state index in [1.807, 2.05) is 0 Å². The molecule has 0 aliphatic carbocycles. The summed E-state index contributed by atoms with van der Waals surface area (Å²) in [4.78, 5) is 103. The summed E-state index contributed by atoms with van der Waals surface area (Å²) in [5, 5.41) is 72.0. The second-order valence-corrected chi connectivity index (χ2v) is 18.1. The largest absolute Gasteiger partial charge is 0.480 e. The number of amides is 5. The number of hydrogen-bond acceptors (Lipinski definition) is 20. The van der Waals surface area contributed by atoms with Crippen LogP contribution >= 0.6 is 21.6 Å². The van der Waals surface area contributed by atoms with E-state index in [1.165, 1.54) is 0 Å². The Labute approximate surface area is 374 Å². The normalized spacial score (nSPS) is 34.3. The monoisotopic (exact) mass is 958 g/mol. The molecule has 64 heavy (non-hydrogen) atoms. The molecule has 364 valence electrons. The number of aliphatic carboxylic acids is 3. The lowest BCUT2D eigenvalue weighted by Gasteiger charge is -2.48. The smallest absolute Gasteiger partial charge is 0.329 e. The van der Waals surface area contributed by atoms with E-state index in [0.717, 1.165) is 21.6 Å². The van der Waals surface area contributed by atoms with Crippen LogP contribution in [0.3, 0.4) is 0 Å². The van der Waals surface area contributed by atoms with E-state index < -0.39 is 165 Å². The maximum atomic E-state index is 14.0. The van der Waals surface area contributed by atoms with Crippen molar-refractivity contribution >= 4 is 69.0 Å². The van der Waals surface area contributed by atoms with Gasteiger partial charge in [-0.3, -0.25) is 24.0 Å². The minimum absolute atomic E-state index is 0.0674. The second-order valence-electron chi connectivity index (χ2n) is 15.5. The van der Waals surface area contributed by atoms with Gasteiger partial charge in [-0.05, 0) is 18.3 Å². The molecule has 4 bridgehead atoms. The number of nitrogens with two attached hydrogens (primary N) is 2. The Morgan fingerprint density at radius 2 is 1.41 bits per heavy atom. The van der Waals surface area contributed by atoms with Crippen molar-refractivity contribution in [3.8, 4) is 0 Å². The van der Waals surface area contributed by atoms with Crippen LogP contribution in [0.25, 0.3) is 0 Å². The quantitative estimate of drug-likeness (QED) is 0.0683. The molecule has 3 aliphatic heterocycles. The molecule has 14 N–H and O–H groups in total. The minimum atomic E-state index is -2.21. The van der Waals surface area contributed by atoms with E-state index in [4.69, 9.17) is 39.9 Å². The van der Waals surface area contributed by atoms with E-state index in [1.54, 1.807) is 27.7 Å². The Bertz CT molecular complexity index is 1650. The Hall–Kier alpha value is -3.94. The highest BCUT2D eigenvalue weighted by Gasteiger charge is 2.55. The van der Waals surface area contributed by atoms with E-state index in [9.17, 15) is 69.0 Å². The molecule has 15 atom stereocenters. The number of carboxylic acids is 3. The number of fused-ring (bicyclic) bond motifs is 4. The standard InChI is InChI=1S/C36H58N6O20S2/c1-5-14(4)22-32(53)40-17(34(55)56)12-64-63-11-15(37)30(51)42-23-27(57-9-20(45)46)26(18(7-43)60-35(23)59-8-19(38)44)61-36-29(58-10-21(47)48)25(50)24(49)28(62-36)33(54)39-16(6-13(2)3)31(52)41-22/h13-18,22-29,35-36,43,49-50H,5-12,37H2,1-4H3,(H2,38,44)(H,39,54)(H,40,53)(H,41,52)(H,42,51)(H,45,46)(H,47,48)(H,55,56)/t14-,15-,16-,17-,18+,22-,23+,24-,25-,26+,27-,28-,29+,35+,36+/m0/s1. The summed E-state index contributed by atoms with van der Waals surface area (Å²) in [6.07, 6.45) is -17.4. The van der Waals surface area contributed by atoms with Crippen molar-refractivity contribution in [2.75, 3.05) is 37.9 Å². The zero-order valence-electron chi connectivity index (χ0n) is 35.3. The van der Waals surface area contributed by atoms with Crippen LogP contribution in [0.1, 0.15) is 40.5 Å². The van der Waals surface area contributed by atoms with Gasteiger partial charge in [0, 0.05) is 11.5 Å². The van der Waals surface area contributed by atoms with Gasteiger partial charge in [0.25, 0.3) is 5.91 Å². The lowest BCUT2D eigenvalue weighted by molar-refractivity contribution is -0.348. The molecule has 0 aromatic carbocycles. The molecule has 0 radical (unpaired) electrons. The van der Waals surface area contributed by atoms with Crippen molar-refractivity contribution in [3.05, 3.63) is 0 Å². The molecule has 3 aliphatic rings. The van der Waals surface area contributed by atoms with Gasteiger partial charge in [0.15, 0.2) is 18.7 Å². The summed E-state index contributed by atoms with van der Waals surface area (Å²) in [5.41, 5.74) is 11.5. The molecule has 3 fully saturated rings. The highest BCUT2D eigenvalue weighted by molar-refractivity contribution is 8.76. The molecule has 0 spiro atoms. The zero-order valence-corrected chi connectivity index (χ0v) is 36.9. The first-order valence-corrected chi connectivity index (χ1v) is 22.5. The van der Waals surface area contributed by atoms with Gasteiger partial charge < -0.3 is 91.8 Å². The number of primary amides is 1. The lowest BCUT2D eigenvalue weighted by atomic mass is 9.94. The van der Waals surface area contributed by atoms with Crippen LogP contribution in [0, 0.1) is 11.8 Å². The van der Waals surface area contributed by atoms with E-state index in [0.29, 0.717) is 6.42 Å². The first-order chi connectivity index (χ1) is 30.1. The number of aliphatic hydroxyl groups excluding tert-OH is 3. The van der Waals surface area contributed by atoms with Gasteiger partial charge in [0.2, 0.25) is 23.6 Å². The number of carbonyl (C=O) groups excluding carboxylic acids is 5. The SMILES string of the molecule is CC[C@H](C)[C@@H]1NC(=O)[C@H](CC(C)C)NC(=O)[C@H]2O[C@@H](O[C@H]3[C@@H](OCC(=O)O)[C@@H](NC(=O)[C@@H](N)CSSC[C@@H](C(=O)O)NC1=O)[C@H](OCC(N)=O)O[C@@H]3CO)[C@H](OCC(=O)O)[C@@H](O)[C@@H]2O. The van der Waals surface area contributed by atoms with Crippen LogP contribution in [-0.2, 0) is 66.8 Å². The number of rotatable bonds is 15. The Morgan fingerprint density at radius 1 is 0.781 bits per heavy atom. The highest BCUT2D eigenvalue weighted by Crippen LogP contribution is 2.33. The number of carbonyl (C=O) groups is 8. The fourth-order valence-electron chi connectivity index (χ4n) is 6.64. The van der Waals surface area contributed by atoms with Gasteiger partial charge in [-0.2, -0.15) is 0 Å². The van der Waals surface area contributed by atoms with Crippen molar-refractivity contribution in [1.29, 1.82) is 0 Å². The van der Waals surface area contributed by atoms with Gasteiger partial charge in [0.1, 0.15) is 80.6 Å². The van der Waals surface area contributed by atoms with Crippen LogP contribution in [-0.4, -0.2) is 202 Å². The number of hydrogen-bond donors (Lipinski definition) is 12. The molecule has 28 heteroatoms. The average molecular weight is 959 g/mol. The van der Waals surface area contributed by atoms with E-state index >= 15 is 0 Å². The maximum absolute atomic E-state index is 14.0. The molecule has 0 aromatic rings. The molecule has 0 saturated carbocycles. The third-order valence-electron chi connectivity index (χ3n) is 10.1. The molecule has 3 rings (SSSR count). The minimum Gasteiger partial charge on any atom is -0.480 e. The van der Waals surface area contributed by atoms with E-state index in [2.05, 4.69) is 21.3 Å². The average Bonchev–Trinajstić information content (AvgIpc) is 3.22. The Morgan fingerprint density at radius 3 is 1.97 bits per heavy atom. The van der Waals surface area contributed by atoms with Crippen molar-refractivity contribution in [2.45, 2.75) is 126 Å². The summed E-state index contributed by atoms with van der Waals surface area (Å²) in [5.74, 6) is -10.9. The number of aliphatic hydroxyl groups is 3. The number of nitrogens with one attached hydrogen (secondary N) is 4. The van der Waals surface area contributed by atoms with E-state index in [-0.39, 0.29) is 23.8 Å².